The molecule has 14 heavy (non-hydrogen) atoms. The molecular weight excluding hydrogens is 240 g/mol. The molecule has 0 spiro atoms. The third kappa shape index (κ3) is 2.74. The van der Waals surface area contributed by atoms with Crippen LogP contribution in [0.5, 0.6) is 0 Å². The van der Waals surface area contributed by atoms with Crippen molar-refractivity contribution < 1.29 is 0 Å². The largest absolute Gasteiger partial charge is 0.384 e. The Morgan fingerprint density at radius 2 is 2.29 bits per heavy atom. The molecule has 0 amide bonds. The molecule has 0 aliphatic heterocycles. The van der Waals surface area contributed by atoms with Gasteiger partial charge in [0.25, 0.3) is 0 Å². The smallest absolute Gasteiger partial charge is 0.103 e. The minimum absolute atomic E-state index is 0.684. The Morgan fingerprint density at radius 3 is 2.93 bits per heavy atom. The van der Waals surface area contributed by atoms with Crippen LogP contribution in [0.25, 0.3) is 0 Å². The van der Waals surface area contributed by atoms with Crippen LogP contribution in [0.1, 0.15) is 25.3 Å². The first-order valence-corrected chi connectivity index (χ1v) is 5.51. The Hall–Kier alpha value is -1.01. The van der Waals surface area contributed by atoms with E-state index >= 15 is 0 Å². The SMILES string of the molecule is CCCCNc1cccc(Br)c1C#N. The van der Waals surface area contributed by atoms with Crippen molar-refractivity contribution >= 4 is 21.6 Å². The van der Waals surface area contributed by atoms with Gasteiger partial charge in [-0.3, -0.25) is 0 Å². The van der Waals surface area contributed by atoms with Gasteiger partial charge in [-0.15, -0.1) is 0 Å². The van der Waals surface area contributed by atoms with Gasteiger partial charge in [-0.2, -0.15) is 5.26 Å². The fourth-order valence-corrected chi connectivity index (χ4v) is 1.64. The Kier molecular flexibility index (Phi) is 4.48. The van der Waals surface area contributed by atoms with Gasteiger partial charge in [0.05, 0.1) is 11.3 Å². The van der Waals surface area contributed by atoms with Crippen molar-refractivity contribution in [3.8, 4) is 6.07 Å². The number of hydrogen-bond acceptors (Lipinski definition) is 2. The topological polar surface area (TPSA) is 35.8 Å². The van der Waals surface area contributed by atoms with Crippen molar-refractivity contribution in [3.05, 3.63) is 28.2 Å². The highest BCUT2D eigenvalue weighted by Gasteiger charge is 2.04. The van der Waals surface area contributed by atoms with Crippen LogP contribution in [0.3, 0.4) is 0 Å². The molecule has 0 fully saturated rings. The number of nitrogens with one attached hydrogen (secondary N) is 1. The number of benzene rings is 1. The molecule has 74 valence electrons. The molecule has 0 radical (unpaired) electrons. The Balaban J connectivity index is 2.76. The fourth-order valence-electron chi connectivity index (χ4n) is 1.18. The number of halogens is 1. The molecule has 0 atom stereocenters. The second-order valence-corrected chi connectivity index (χ2v) is 3.91. The van der Waals surface area contributed by atoms with Crippen molar-refractivity contribution in [2.45, 2.75) is 19.8 Å². The molecule has 0 unspecified atom stereocenters. The van der Waals surface area contributed by atoms with Crippen LogP contribution in [0.4, 0.5) is 5.69 Å². The summed E-state index contributed by atoms with van der Waals surface area (Å²) in [4.78, 5) is 0. The maximum absolute atomic E-state index is 8.94. The van der Waals surface area contributed by atoms with E-state index in [4.69, 9.17) is 5.26 Å². The van der Waals surface area contributed by atoms with E-state index in [1.807, 2.05) is 18.2 Å². The summed E-state index contributed by atoms with van der Waals surface area (Å²) in [6.45, 7) is 3.06. The Bertz CT molecular complexity index is 342. The first-order valence-electron chi connectivity index (χ1n) is 4.72. The average molecular weight is 253 g/mol. The normalized spacial score (nSPS) is 9.50. The van der Waals surface area contributed by atoms with E-state index in [-0.39, 0.29) is 0 Å². The predicted octanol–water partition coefficient (Wildman–Crippen LogP) is 3.53. The number of hydrogen-bond donors (Lipinski definition) is 1. The molecule has 0 heterocycles. The highest BCUT2D eigenvalue weighted by atomic mass is 79.9. The lowest BCUT2D eigenvalue weighted by Crippen LogP contribution is -2.02. The first-order chi connectivity index (χ1) is 6.79. The molecule has 0 aliphatic carbocycles. The molecule has 1 aromatic carbocycles. The lowest BCUT2D eigenvalue weighted by Gasteiger charge is -2.07. The summed E-state index contributed by atoms with van der Waals surface area (Å²) in [7, 11) is 0. The molecule has 1 N–H and O–H groups in total. The maximum atomic E-state index is 8.94. The molecule has 0 bridgehead atoms. The Labute approximate surface area is 93.1 Å². The summed E-state index contributed by atoms with van der Waals surface area (Å²) in [6, 6.07) is 7.92. The van der Waals surface area contributed by atoms with Gasteiger partial charge in [-0.25, -0.2) is 0 Å². The lowest BCUT2D eigenvalue weighted by molar-refractivity contribution is 0.834. The Morgan fingerprint density at radius 1 is 1.50 bits per heavy atom. The van der Waals surface area contributed by atoms with Crippen LogP contribution < -0.4 is 5.32 Å². The summed E-state index contributed by atoms with van der Waals surface area (Å²) in [5.41, 5.74) is 1.60. The van der Waals surface area contributed by atoms with Crippen LogP contribution in [0.2, 0.25) is 0 Å². The van der Waals surface area contributed by atoms with Crippen molar-refractivity contribution in [2.24, 2.45) is 0 Å². The molecule has 0 saturated carbocycles. The first kappa shape index (κ1) is 11.1. The molecular formula is C11H13BrN2. The summed E-state index contributed by atoms with van der Waals surface area (Å²) in [6.07, 6.45) is 2.28. The lowest BCUT2D eigenvalue weighted by atomic mass is 10.2. The van der Waals surface area contributed by atoms with Crippen molar-refractivity contribution in [1.29, 1.82) is 5.26 Å². The highest BCUT2D eigenvalue weighted by molar-refractivity contribution is 9.10. The summed E-state index contributed by atoms with van der Waals surface area (Å²) in [5, 5.41) is 12.2. The average Bonchev–Trinajstić information content (AvgIpc) is 2.18. The monoisotopic (exact) mass is 252 g/mol. The van der Waals surface area contributed by atoms with E-state index in [9.17, 15) is 0 Å². The van der Waals surface area contributed by atoms with E-state index < -0.39 is 0 Å². The zero-order valence-corrected chi connectivity index (χ0v) is 9.76. The van der Waals surface area contributed by atoms with Gasteiger partial charge >= 0.3 is 0 Å². The quantitative estimate of drug-likeness (QED) is 0.833. The van der Waals surface area contributed by atoms with Gasteiger partial charge in [0, 0.05) is 11.0 Å². The summed E-state index contributed by atoms with van der Waals surface area (Å²) in [5.74, 6) is 0. The summed E-state index contributed by atoms with van der Waals surface area (Å²) >= 11 is 3.35. The van der Waals surface area contributed by atoms with E-state index in [0.29, 0.717) is 5.56 Å². The van der Waals surface area contributed by atoms with Crippen molar-refractivity contribution in [3.63, 3.8) is 0 Å². The molecule has 2 nitrogen and oxygen atoms in total. The number of anilines is 1. The fraction of sp³-hybridized carbons (Fsp3) is 0.364. The molecule has 1 aromatic rings. The third-order valence-corrected chi connectivity index (χ3v) is 2.63. The number of rotatable bonds is 4. The molecule has 3 heteroatoms. The van der Waals surface area contributed by atoms with Crippen molar-refractivity contribution in [2.75, 3.05) is 11.9 Å². The second kappa shape index (κ2) is 5.66. The van der Waals surface area contributed by atoms with Crippen LogP contribution in [0, 0.1) is 11.3 Å². The molecule has 0 aromatic heterocycles. The maximum Gasteiger partial charge on any atom is 0.103 e. The van der Waals surface area contributed by atoms with Gasteiger partial charge in [0.2, 0.25) is 0 Å². The number of nitrogens with zero attached hydrogens (tertiary/aromatic N) is 1. The predicted molar refractivity (Wildman–Crippen MR) is 62.3 cm³/mol. The second-order valence-electron chi connectivity index (χ2n) is 3.05. The van der Waals surface area contributed by atoms with Crippen LogP contribution in [0.15, 0.2) is 22.7 Å². The van der Waals surface area contributed by atoms with Crippen LogP contribution in [-0.2, 0) is 0 Å². The van der Waals surface area contributed by atoms with Crippen LogP contribution in [-0.4, -0.2) is 6.54 Å². The van der Waals surface area contributed by atoms with Crippen molar-refractivity contribution in [1.82, 2.24) is 0 Å². The van der Waals surface area contributed by atoms with E-state index in [0.717, 1.165) is 29.5 Å². The minimum Gasteiger partial charge on any atom is -0.384 e. The number of nitriles is 1. The molecule has 0 aliphatic rings. The van der Waals surface area contributed by atoms with Gasteiger partial charge in [0.15, 0.2) is 0 Å². The number of unbranched alkanes of at least 4 members (excludes halogenated alkanes) is 1. The summed E-state index contributed by atoms with van der Waals surface area (Å²) < 4.78 is 0.849. The van der Waals surface area contributed by atoms with Gasteiger partial charge in [-0.1, -0.05) is 19.4 Å². The molecule has 1 rings (SSSR count). The molecule has 0 saturated heterocycles. The highest BCUT2D eigenvalue weighted by Crippen LogP contribution is 2.23. The zero-order chi connectivity index (χ0) is 10.4. The third-order valence-electron chi connectivity index (χ3n) is 1.97. The standard InChI is InChI=1S/C11H13BrN2/c1-2-3-7-14-11-6-4-5-10(12)9(11)8-13/h4-6,14H,2-3,7H2,1H3. The van der Waals surface area contributed by atoms with Gasteiger partial charge in [0.1, 0.15) is 6.07 Å². The van der Waals surface area contributed by atoms with Crippen LogP contribution >= 0.6 is 15.9 Å². The van der Waals surface area contributed by atoms with E-state index in [1.54, 1.807) is 0 Å². The minimum atomic E-state index is 0.684. The van der Waals surface area contributed by atoms with Gasteiger partial charge < -0.3 is 5.32 Å². The van der Waals surface area contributed by atoms with E-state index in [1.165, 1.54) is 0 Å². The van der Waals surface area contributed by atoms with E-state index in [2.05, 4.69) is 34.2 Å². The zero-order valence-electron chi connectivity index (χ0n) is 8.18. The van der Waals surface area contributed by atoms with Gasteiger partial charge in [-0.05, 0) is 34.5 Å².